The normalized spacial score (nSPS) is 12.2. The fourth-order valence-electron chi connectivity index (χ4n) is 1.74. The van der Waals surface area contributed by atoms with E-state index in [4.69, 9.17) is 0 Å². The van der Waals surface area contributed by atoms with Gasteiger partial charge in [0.05, 0.1) is 12.5 Å². The minimum Gasteiger partial charge on any atom is -0.481 e. The predicted molar refractivity (Wildman–Crippen MR) is 77.5 cm³/mol. The molecular formula is C15H22N2O3. The third kappa shape index (κ3) is 5.84. The molecule has 0 saturated heterocycles. The molecule has 3 N–H and O–H groups in total. The van der Waals surface area contributed by atoms with Crippen molar-refractivity contribution < 1.29 is 14.7 Å². The van der Waals surface area contributed by atoms with Crippen LogP contribution in [-0.2, 0) is 9.59 Å². The minimum absolute atomic E-state index is 0.115. The second kappa shape index (κ2) is 8.32. The molecule has 1 unspecified atom stereocenters. The lowest BCUT2D eigenvalue weighted by molar-refractivity contribution is -0.138. The first-order chi connectivity index (χ1) is 9.50. The van der Waals surface area contributed by atoms with E-state index in [0.29, 0.717) is 12.5 Å². The summed E-state index contributed by atoms with van der Waals surface area (Å²) in [5, 5.41) is 14.9. The van der Waals surface area contributed by atoms with Crippen molar-refractivity contribution in [3.8, 4) is 0 Å². The summed E-state index contributed by atoms with van der Waals surface area (Å²) in [4.78, 5) is 22.8. The highest BCUT2D eigenvalue weighted by Gasteiger charge is 2.19. The van der Waals surface area contributed by atoms with Crippen LogP contribution in [0.5, 0.6) is 0 Å². The smallest absolute Gasteiger partial charge is 0.312 e. The number of amides is 1. The van der Waals surface area contributed by atoms with Crippen LogP contribution in [-0.4, -0.2) is 36.6 Å². The number of carbonyl (C=O) groups excluding carboxylic acids is 1. The second-order valence-electron chi connectivity index (χ2n) is 5.13. The summed E-state index contributed by atoms with van der Waals surface area (Å²) < 4.78 is 0. The summed E-state index contributed by atoms with van der Waals surface area (Å²) in [6.07, 6.45) is 0. The average molecular weight is 278 g/mol. The molecule has 0 aromatic heterocycles. The van der Waals surface area contributed by atoms with Gasteiger partial charge in [-0.3, -0.25) is 9.59 Å². The number of hydrogen-bond donors (Lipinski definition) is 3. The number of carboxylic acids is 1. The molecule has 1 aromatic carbocycles. The van der Waals surface area contributed by atoms with Crippen molar-refractivity contribution in [1.82, 2.24) is 10.6 Å². The molecule has 0 saturated carbocycles. The zero-order valence-electron chi connectivity index (χ0n) is 11.9. The minimum atomic E-state index is -0.897. The van der Waals surface area contributed by atoms with E-state index in [9.17, 15) is 14.7 Å². The third-order valence-electron chi connectivity index (χ3n) is 2.84. The maximum atomic E-state index is 11.5. The van der Waals surface area contributed by atoms with Crippen molar-refractivity contribution in [2.24, 2.45) is 5.92 Å². The third-order valence-corrected chi connectivity index (χ3v) is 2.84. The van der Waals surface area contributed by atoms with Crippen LogP contribution in [0.2, 0.25) is 0 Å². The van der Waals surface area contributed by atoms with Gasteiger partial charge in [0.2, 0.25) is 5.91 Å². The Labute approximate surface area is 119 Å². The van der Waals surface area contributed by atoms with Crippen molar-refractivity contribution in [2.45, 2.75) is 19.8 Å². The molecule has 0 aliphatic rings. The van der Waals surface area contributed by atoms with Gasteiger partial charge in [0.25, 0.3) is 0 Å². The van der Waals surface area contributed by atoms with E-state index >= 15 is 0 Å². The van der Waals surface area contributed by atoms with E-state index < -0.39 is 11.9 Å². The topological polar surface area (TPSA) is 78.4 Å². The number of benzene rings is 1. The van der Waals surface area contributed by atoms with Gasteiger partial charge in [0, 0.05) is 13.1 Å². The molecule has 5 nitrogen and oxygen atoms in total. The van der Waals surface area contributed by atoms with Crippen LogP contribution in [0, 0.1) is 5.92 Å². The van der Waals surface area contributed by atoms with Gasteiger partial charge in [-0.05, 0) is 11.5 Å². The Kier molecular flexibility index (Phi) is 6.73. The number of hydrogen-bond acceptors (Lipinski definition) is 3. The molecule has 5 heteroatoms. The second-order valence-corrected chi connectivity index (χ2v) is 5.13. The number of carboxylic acid groups (broad SMARTS) is 1. The SMILES string of the molecule is CC(C)CNC(=O)CNCC(C(=O)O)c1ccccc1. The standard InChI is InChI=1S/C15H22N2O3/c1-11(2)8-17-14(18)10-16-9-13(15(19)20)12-6-4-3-5-7-12/h3-7,11,13,16H,8-10H2,1-2H3,(H,17,18)(H,19,20). The van der Waals surface area contributed by atoms with Crippen molar-refractivity contribution in [1.29, 1.82) is 0 Å². The van der Waals surface area contributed by atoms with Crippen molar-refractivity contribution >= 4 is 11.9 Å². The monoisotopic (exact) mass is 278 g/mol. The maximum Gasteiger partial charge on any atom is 0.312 e. The summed E-state index contributed by atoms with van der Waals surface area (Å²) in [7, 11) is 0. The molecule has 1 aromatic rings. The van der Waals surface area contributed by atoms with Gasteiger partial charge in [0.15, 0.2) is 0 Å². The first-order valence-electron chi connectivity index (χ1n) is 6.76. The molecule has 1 rings (SSSR count). The van der Waals surface area contributed by atoms with E-state index in [1.54, 1.807) is 24.3 Å². The fraction of sp³-hybridized carbons (Fsp3) is 0.467. The zero-order chi connectivity index (χ0) is 15.0. The van der Waals surface area contributed by atoms with Gasteiger partial charge in [-0.1, -0.05) is 44.2 Å². The summed E-state index contributed by atoms with van der Waals surface area (Å²) in [6.45, 7) is 5.02. The first kappa shape index (κ1) is 16.2. The highest BCUT2D eigenvalue weighted by molar-refractivity contribution is 5.78. The van der Waals surface area contributed by atoms with Crippen LogP contribution >= 0.6 is 0 Å². The molecule has 0 radical (unpaired) electrons. The van der Waals surface area contributed by atoms with Crippen LogP contribution in [0.4, 0.5) is 0 Å². The van der Waals surface area contributed by atoms with Crippen LogP contribution < -0.4 is 10.6 Å². The first-order valence-corrected chi connectivity index (χ1v) is 6.76. The largest absolute Gasteiger partial charge is 0.481 e. The van der Waals surface area contributed by atoms with Crippen LogP contribution in [0.3, 0.4) is 0 Å². The van der Waals surface area contributed by atoms with Crippen LogP contribution in [0.25, 0.3) is 0 Å². The Morgan fingerprint density at radius 3 is 2.35 bits per heavy atom. The number of carbonyl (C=O) groups is 2. The van der Waals surface area contributed by atoms with Crippen LogP contribution in [0.1, 0.15) is 25.3 Å². The lowest BCUT2D eigenvalue weighted by Crippen LogP contribution is -2.38. The molecule has 110 valence electrons. The molecule has 0 bridgehead atoms. The molecule has 0 aliphatic carbocycles. The number of aliphatic carboxylic acids is 1. The Hall–Kier alpha value is -1.88. The molecule has 1 atom stereocenters. The number of rotatable bonds is 8. The van der Waals surface area contributed by atoms with Gasteiger partial charge in [-0.25, -0.2) is 0 Å². The molecule has 0 spiro atoms. The number of nitrogens with one attached hydrogen (secondary N) is 2. The van der Waals surface area contributed by atoms with Crippen LogP contribution in [0.15, 0.2) is 30.3 Å². The summed E-state index contributed by atoms with van der Waals surface area (Å²) >= 11 is 0. The van der Waals surface area contributed by atoms with E-state index in [1.807, 2.05) is 19.9 Å². The summed E-state index contributed by atoms with van der Waals surface area (Å²) in [5.74, 6) is -1.26. The predicted octanol–water partition coefficient (Wildman–Crippen LogP) is 1.22. The van der Waals surface area contributed by atoms with Crippen molar-refractivity contribution in [3.05, 3.63) is 35.9 Å². The molecule has 1 amide bonds. The average Bonchev–Trinajstić information content (AvgIpc) is 2.42. The summed E-state index contributed by atoms with van der Waals surface area (Å²) in [5.41, 5.74) is 0.732. The van der Waals surface area contributed by atoms with Gasteiger partial charge in [0.1, 0.15) is 0 Å². The Morgan fingerprint density at radius 1 is 1.15 bits per heavy atom. The van der Waals surface area contributed by atoms with Gasteiger partial charge in [-0.2, -0.15) is 0 Å². The lowest BCUT2D eigenvalue weighted by Gasteiger charge is -2.14. The Morgan fingerprint density at radius 2 is 1.80 bits per heavy atom. The molecular weight excluding hydrogens is 256 g/mol. The van der Waals surface area contributed by atoms with Gasteiger partial charge >= 0.3 is 5.97 Å². The van der Waals surface area contributed by atoms with E-state index in [2.05, 4.69) is 10.6 Å². The molecule has 0 heterocycles. The van der Waals surface area contributed by atoms with Crippen molar-refractivity contribution in [3.63, 3.8) is 0 Å². The zero-order valence-corrected chi connectivity index (χ0v) is 11.9. The van der Waals surface area contributed by atoms with Gasteiger partial charge < -0.3 is 15.7 Å². The Bertz CT molecular complexity index is 432. The highest BCUT2D eigenvalue weighted by Crippen LogP contribution is 2.14. The van der Waals surface area contributed by atoms with E-state index in [0.717, 1.165) is 5.56 Å². The Balaban J connectivity index is 2.41. The van der Waals surface area contributed by atoms with Crippen molar-refractivity contribution in [2.75, 3.05) is 19.6 Å². The quantitative estimate of drug-likeness (QED) is 0.668. The maximum absolute atomic E-state index is 11.5. The molecule has 0 aliphatic heterocycles. The molecule has 0 fully saturated rings. The molecule has 20 heavy (non-hydrogen) atoms. The van der Waals surface area contributed by atoms with E-state index in [1.165, 1.54) is 0 Å². The van der Waals surface area contributed by atoms with E-state index in [-0.39, 0.29) is 19.0 Å². The fourth-order valence-corrected chi connectivity index (χ4v) is 1.74. The lowest BCUT2D eigenvalue weighted by atomic mass is 9.99. The van der Waals surface area contributed by atoms with Gasteiger partial charge in [-0.15, -0.1) is 0 Å². The summed E-state index contributed by atoms with van der Waals surface area (Å²) in [6, 6.07) is 9.01. The highest BCUT2D eigenvalue weighted by atomic mass is 16.4.